The van der Waals surface area contributed by atoms with Gasteiger partial charge in [-0.3, -0.25) is 9.48 Å². The van der Waals surface area contributed by atoms with Gasteiger partial charge in [-0.05, 0) is 31.5 Å². The van der Waals surface area contributed by atoms with Gasteiger partial charge < -0.3 is 15.5 Å². The lowest BCUT2D eigenvalue weighted by molar-refractivity contribution is -0.128. The summed E-state index contributed by atoms with van der Waals surface area (Å²) in [7, 11) is 3.60. The van der Waals surface area contributed by atoms with E-state index in [1.165, 1.54) is 6.92 Å². The van der Waals surface area contributed by atoms with Crippen LogP contribution in [0.3, 0.4) is 0 Å². The van der Waals surface area contributed by atoms with Crippen LogP contribution in [0.4, 0.5) is 10.5 Å². The summed E-state index contributed by atoms with van der Waals surface area (Å²) in [4.78, 5) is 25.2. The number of rotatable bonds is 5. The van der Waals surface area contributed by atoms with Gasteiger partial charge in [-0.15, -0.1) is 0 Å². The molecule has 0 unspecified atom stereocenters. The first-order chi connectivity index (χ1) is 11.8. The molecular formula is C18H25N5O2. The first kappa shape index (κ1) is 18.5. The quantitative estimate of drug-likeness (QED) is 0.876. The number of nitrogens with zero attached hydrogens (tertiary/aromatic N) is 3. The molecule has 0 radical (unpaired) electrons. The highest BCUT2D eigenvalue weighted by Crippen LogP contribution is 2.16. The Balaban J connectivity index is 1.98. The van der Waals surface area contributed by atoms with Gasteiger partial charge in [0.25, 0.3) is 0 Å². The zero-order valence-corrected chi connectivity index (χ0v) is 15.3. The topological polar surface area (TPSA) is 79.3 Å². The third-order valence-corrected chi connectivity index (χ3v) is 4.01. The molecule has 0 aliphatic heterocycles. The standard InChI is InChI=1S/C18H25N5O2/c1-12(17-11-23(5)21-13(17)2)19-18(25)20-16-8-6-7-15(9-16)10-22(4)14(3)24/h6-9,11-12H,10H2,1-5H3,(H2,19,20,25)/t12-/m0/s1. The molecule has 0 saturated heterocycles. The second kappa shape index (κ2) is 7.83. The maximum atomic E-state index is 12.2. The Morgan fingerprint density at radius 3 is 2.68 bits per heavy atom. The lowest BCUT2D eigenvalue weighted by Crippen LogP contribution is -2.31. The molecule has 1 heterocycles. The van der Waals surface area contributed by atoms with E-state index in [2.05, 4.69) is 15.7 Å². The van der Waals surface area contributed by atoms with Crippen molar-refractivity contribution in [1.82, 2.24) is 20.0 Å². The number of carbonyl (C=O) groups is 2. The second-order valence-corrected chi connectivity index (χ2v) is 6.24. The summed E-state index contributed by atoms with van der Waals surface area (Å²) in [5.74, 6) is -0.00299. The number of aromatic nitrogens is 2. The van der Waals surface area contributed by atoms with E-state index in [0.717, 1.165) is 16.8 Å². The van der Waals surface area contributed by atoms with Crippen LogP contribution in [0.1, 0.15) is 36.7 Å². The van der Waals surface area contributed by atoms with Crippen LogP contribution in [0, 0.1) is 6.92 Å². The van der Waals surface area contributed by atoms with Crippen LogP contribution in [-0.2, 0) is 18.4 Å². The maximum Gasteiger partial charge on any atom is 0.319 e. The number of hydrogen-bond donors (Lipinski definition) is 2. The molecule has 0 saturated carbocycles. The highest BCUT2D eigenvalue weighted by molar-refractivity contribution is 5.89. The Kier molecular flexibility index (Phi) is 5.80. The summed E-state index contributed by atoms with van der Waals surface area (Å²) >= 11 is 0. The smallest absolute Gasteiger partial charge is 0.319 e. The molecule has 0 fully saturated rings. The third-order valence-electron chi connectivity index (χ3n) is 4.01. The summed E-state index contributed by atoms with van der Waals surface area (Å²) in [6, 6.07) is 7.02. The summed E-state index contributed by atoms with van der Waals surface area (Å²) in [5, 5.41) is 10.0. The fraction of sp³-hybridized carbons (Fsp3) is 0.389. The first-order valence-corrected chi connectivity index (χ1v) is 8.14. The number of amides is 3. The minimum atomic E-state index is -0.284. The monoisotopic (exact) mass is 343 g/mol. The van der Waals surface area contributed by atoms with Crippen molar-refractivity contribution in [3.8, 4) is 0 Å². The molecule has 0 bridgehead atoms. The molecule has 0 spiro atoms. The van der Waals surface area contributed by atoms with Crippen molar-refractivity contribution in [1.29, 1.82) is 0 Å². The highest BCUT2D eigenvalue weighted by Gasteiger charge is 2.14. The van der Waals surface area contributed by atoms with Gasteiger partial charge >= 0.3 is 6.03 Å². The SMILES string of the molecule is CC(=O)N(C)Cc1cccc(NC(=O)N[C@@H](C)c2cn(C)nc2C)c1. The average molecular weight is 343 g/mol. The normalized spacial score (nSPS) is 11.7. The third kappa shape index (κ3) is 5.07. The van der Waals surface area contributed by atoms with Gasteiger partial charge in [-0.2, -0.15) is 5.10 Å². The van der Waals surface area contributed by atoms with E-state index in [4.69, 9.17) is 0 Å². The Hall–Kier alpha value is -2.83. The molecular weight excluding hydrogens is 318 g/mol. The average Bonchev–Trinajstić information content (AvgIpc) is 2.86. The molecule has 134 valence electrons. The van der Waals surface area contributed by atoms with Gasteiger partial charge in [0.2, 0.25) is 5.91 Å². The molecule has 0 aliphatic rings. The van der Waals surface area contributed by atoms with Gasteiger partial charge in [-0.1, -0.05) is 12.1 Å². The Bertz CT molecular complexity index is 769. The van der Waals surface area contributed by atoms with E-state index in [-0.39, 0.29) is 18.0 Å². The van der Waals surface area contributed by atoms with Crippen molar-refractivity contribution in [2.75, 3.05) is 12.4 Å². The minimum Gasteiger partial charge on any atom is -0.342 e. The van der Waals surface area contributed by atoms with Crippen molar-refractivity contribution in [2.45, 2.75) is 33.4 Å². The molecule has 2 aromatic rings. The highest BCUT2D eigenvalue weighted by atomic mass is 16.2. The van der Waals surface area contributed by atoms with Crippen LogP contribution in [0.25, 0.3) is 0 Å². The fourth-order valence-corrected chi connectivity index (χ4v) is 2.62. The predicted molar refractivity (Wildman–Crippen MR) is 97.1 cm³/mol. The van der Waals surface area contributed by atoms with Crippen LogP contribution in [0.2, 0.25) is 0 Å². The second-order valence-electron chi connectivity index (χ2n) is 6.24. The van der Waals surface area contributed by atoms with Gasteiger partial charge in [0.15, 0.2) is 0 Å². The number of nitrogens with one attached hydrogen (secondary N) is 2. The van der Waals surface area contributed by atoms with Crippen molar-refractivity contribution in [3.05, 3.63) is 47.3 Å². The minimum absolute atomic E-state index is 0.00299. The summed E-state index contributed by atoms with van der Waals surface area (Å²) < 4.78 is 1.73. The molecule has 1 aromatic carbocycles. The zero-order valence-electron chi connectivity index (χ0n) is 15.3. The van der Waals surface area contributed by atoms with Crippen LogP contribution in [0.15, 0.2) is 30.5 Å². The lowest BCUT2D eigenvalue weighted by Gasteiger charge is -2.16. The molecule has 1 aromatic heterocycles. The molecule has 7 heteroatoms. The lowest BCUT2D eigenvalue weighted by atomic mass is 10.1. The van der Waals surface area contributed by atoms with E-state index in [1.807, 2.05) is 51.4 Å². The number of hydrogen-bond acceptors (Lipinski definition) is 3. The Morgan fingerprint density at radius 1 is 1.36 bits per heavy atom. The largest absolute Gasteiger partial charge is 0.342 e. The molecule has 2 N–H and O–H groups in total. The number of benzene rings is 1. The summed E-state index contributed by atoms with van der Waals surface area (Å²) in [6.07, 6.45) is 1.90. The van der Waals surface area contributed by atoms with Crippen molar-refractivity contribution in [2.24, 2.45) is 7.05 Å². The molecule has 7 nitrogen and oxygen atoms in total. The predicted octanol–water partition coefficient (Wildman–Crippen LogP) is 2.59. The number of anilines is 1. The summed E-state index contributed by atoms with van der Waals surface area (Å²) in [6.45, 7) is 5.86. The van der Waals surface area contributed by atoms with Crippen molar-refractivity contribution >= 4 is 17.6 Å². The Labute approximate surface area is 148 Å². The number of carbonyl (C=O) groups excluding carboxylic acids is 2. The summed E-state index contributed by atoms with van der Waals surface area (Å²) in [5.41, 5.74) is 3.51. The van der Waals surface area contributed by atoms with E-state index < -0.39 is 0 Å². The van der Waals surface area contributed by atoms with Gasteiger partial charge in [0.05, 0.1) is 11.7 Å². The van der Waals surface area contributed by atoms with Crippen LogP contribution >= 0.6 is 0 Å². The number of urea groups is 1. The molecule has 2 rings (SSSR count). The molecule has 3 amide bonds. The van der Waals surface area contributed by atoms with Crippen LogP contribution in [0.5, 0.6) is 0 Å². The Morgan fingerprint density at radius 2 is 2.08 bits per heavy atom. The zero-order chi connectivity index (χ0) is 18.6. The van der Waals surface area contributed by atoms with Gasteiger partial charge in [0, 0.05) is 45.0 Å². The van der Waals surface area contributed by atoms with Crippen molar-refractivity contribution < 1.29 is 9.59 Å². The van der Waals surface area contributed by atoms with E-state index in [1.54, 1.807) is 16.6 Å². The maximum absolute atomic E-state index is 12.2. The van der Waals surface area contributed by atoms with Crippen LogP contribution < -0.4 is 10.6 Å². The molecule has 1 atom stereocenters. The molecule has 25 heavy (non-hydrogen) atoms. The number of aryl methyl sites for hydroxylation is 2. The van der Waals surface area contributed by atoms with E-state index in [9.17, 15) is 9.59 Å². The van der Waals surface area contributed by atoms with Crippen LogP contribution in [-0.4, -0.2) is 33.7 Å². The van der Waals surface area contributed by atoms with E-state index >= 15 is 0 Å². The van der Waals surface area contributed by atoms with Crippen molar-refractivity contribution in [3.63, 3.8) is 0 Å². The van der Waals surface area contributed by atoms with Gasteiger partial charge in [0.1, 0.15) is 0 Å². The van der Waals surface area contributed by atoms with Gasteiger partial charge in [-0.25, -0.2) is 4.79 Å². The molecule has 0 aliphatic carbocycles. The van der Waals surface area contributed by atoms with E-state index in [0.29, 0.717) is 12.2 Å². The first-order valence-electron chi connectivity index (χ1n) is 8.14. The fourth-order valence-electron chi connectivity index (χ4n) is 2.62.